The van der Waals surface area contributed by atoms with Gasteiger partial charge in [0.2, 0.25) is 10.0 Å². The molecule has 6 nitrogen and oxygen atoms in total. The fourth-order valence-electron chi connectivity index (χ4n) is 4.06. The smallest absolute Gasteiger partial charge is 0.550 e. The Morgan fingerprint density at radius 1 is 1.17 bits per heavy atom. The first-order chi connectivity index (χ1) is 13.8. The molecule has 1 aromatic heterocycles. The maximum atomic E-state index is 13.1. The number of aryl methyl sites for hydroxylation is 1. The Hall–Kier alpha value is -1.71. The average Bonchev–Trinajstić information content (AvgIpc) is 2.99. The number of fused-ring (bicyclic) bond motifs is 3. The average molecular weight is 438 g/mol. The van der Waals surface area contributed by atoms with Crippen molar-refractivity contribution in [1.82, 2.24) is 9.29 Å². The molecule has 0 bridgehead atoms. The summed E-state index contributed by atoms with van der Waals surface area (Å²) in [6.07, 6.45) is 1.66. The van der Waals surface area contributed by atoms with Crippen molar-refractivity contribution in [1.29, 1.82) is 0 Å². The Bertz CT molecular complexity index is 1180. The summed E-state index contributed by atoms with van der Waals surface area (Å²) in [5.41, 5.74) is 3.03. The molecular weight excluding hydrogens is 418 g/mol. The van der Waals surface area contributed by atoms with E-state index < -0.39 is 21.8 Å². The number of aromatic nitrogens is 1. The van der Waals surface area contributed by atoms with Crippen LogP contribution in [0.4, 0.5) is 4.39 Å². The van der Waals surface area contributed by atoms with Crippen LogP contribution in [0, 0.1) is 5.82 Å². The Morgan fingerprint density at radius 2 is 1.87 bits per heavy atom. The molecule has 0 saturated carbocycles. The topological polar surface area (TPSA) is 91.2 Å². The number of rotatable bonds is 6. The number of aliphatic carboxylic acids is 1. The molecule has 1 aliphatic carbocycles. The standard InChI is InChI=1S/C21H21FN2O4S.Na/c22-14-5-8-16(9-6-14)29(27,28)23-15-7-10-20-18(13-15)17-3-1-2-4-19(17)24(20)12-11-21(25)26;/h1-6,8-9,15,23H,7,10-13H2,(H,25,26);/q;+1/p-1. The summed E-state index contributed by atoms with van der Waals surface area (Å²) >= 11 is 0. The van der Waals surface area contributed by atoms with E-state index >= 15 is 0 Å². The van der Waals surface area contributed by atoms with E-state index in [1.807, 2.05) is 28.8 Å². The van der Waals surface area contributed by atoms with Crippen LogP contribution in [0.15, 0.2) is 53.4 Å². The normalized spacial score (nSPS) is 16.1. The third kappa shape index (κ3) is 4.63. The van der Waals surface area contributed by atoms with Crippen LogP contribution in [0.5, 0.6) is 0 Å². The minimum Gasteiger partial charge on any atom is -0.550 e. The fourth-order valence-corrected chi connectivity index (χ4v) is 5.33. The van der Waals surface area contributed by atoms with Gasteiger partial charge in [-0.3, -0.25) is 0 Å². The number of carboxylic acid groups (broad SMARTS) is 1. The number of carbonyl (C=O) groups excluding carboxylic acids is 1. The molecule has 1 aliphatic rings. The zero-order valence-corrected chi connectivity index (χ0v) is 19.4. The second kappa shape index (κ2) is 9.20. The van der Waals surface area contributed by atoms with Gasteiger partial charge < -0.3 is 14.5 Å². The summed E-state index contributed by atoms with van der Waals surface area (Å²) in [5, 5.41) is 11.9. The van der Waals surface area contributed by atoms with Gasteiger partial charge in [0, 0.05) is 41.6 Å². The van der Waals surface area contributed by atoms with Gasteiger partial charge in [-0.05, 0) is 55.2 Å². The number of para-hydroxylation sites is 1. The molecule has 2 aromatic carbocycles. The van der Waals surface area contributed by atoms with E-state index in [9.17, 15) is 22.7 Å². The van der Waals surface area contributed by atoms with Crippen molar-refractivity contribution < 1.29 is 52.3 Å². The number of benzene rings is 2. The molecule has 0 fully saturated rings. The molecular formula is C21H20FN2NaO4S. The predicted molar refractivity (Wildman–Crippen MR) is 104 cm³/mol. The molecule has 0 radical (unpaired) electrons. The van der Waals surface area contributed by atoms with Crippen molar-refractivity contribution in [3.8, 4) is 0 Å². The summed E-state index contributed by atoms with van der Waals surface area (Å²) in [7, 11) is -3.76. The summed E-state index contributed by atoms with van der Waals surface area (Å²) in [6.45, 7) is 0.324. The molecule has 9 heteroatoms. The van der Waals surface area contributed by atoms with Gasteiger partial charge in [-0.2, -0.15) is 0 Å². The number of nitrogens with zero attached hydrogens (tertiary/aromatic N) is 1. The number of carboxylic acids is 1. The van der Waals surface area contributed by atoms with E-state index in [0.717, 1.165) is 34.3 Å². The largest absolute Gasteiger partial charge is 1.00 e. The van der Waals surface area contributed by atoms with Gasteiger partial charge in [-0.25, -0.2) is 17.5 Å². The zero-order valence-electron chi connectivity index (χ0n) is 16.6. The number of halogens is 1. The van der Waals surface area contributed by atoms with E-state index in [2.05, 4.69) is 4.72 Å². The van der Waals surface area contributed by atoms with E-state index in [1.54, 1.807) is 0 Å². The zero-order chi connectivity index (χ0) is 20.6. The van der Waals surface area contributed by atoms with Gasteiger partial charge in [0.05, 0.1) is 4.90 Å². The van der Waals surface area contributed by atoms with Crippen LogP contribution in [-0.2, 0) is 34.2 Å². The Kier molecular flexibility index (Phi) is 7.04. The number of hydrogen-bond acceptors (Lipinski definition) is 4. The molecule has 4 rings (SSSR count). The van der Waals surface area contributed by atoms with Crippen molar-refractivity contribution in [2.75, 3.05) is 0 Å². The van der Waals surface area contributed by atoms with Crippen molar-refractivity contribution >= 4 is 26.9 Å². The Balaban J connectivity index is 0.00000256. The quantitative estimate of drug-likeness (QED) is 0.488. The second-order valence-electron chi connectivity index (χ2n) is 7.23. The molecule has 152 valence electrons. The molecule has 1 unspecified atom stereocenters. The molecule has 3 aromatic rings. The molecule has 1 N–H and O–H groups in total. The van der Waals surface area contributed by atoms with Gasteiger partial charge in [-0.1, -0.05) is 18.2 Å². The Morgan fingerprint density at radius 3 is 2.57 bits per heavy atom. The van der Waals surface area contributed by atoms with Crippen LogP contribution in [0.2, 0.25) is 0 Å². The van der Waals surface area contributed by atoms with Gasteiger partial charge in [0.25, 0.3) is 0 Å². The van der Waals surface area contributed by atoms with Gasteiger partial charge >= 0.3 is 29.6 Å². The summed E-state index contributed by atoms with van der Waals surface area (Å²) < 4.78 is 43.2. The third-order valence-electron chi connectivity index (χ3n) is 5.36. The predicted octanol–water partition coefficient (Wildman–Crippen LogP) is -1.24. The summed E-state index contributed by atoms with van der Waals surface area (Å²) in [5.74, 6) is -1.59. The SMILES string of the molecule is O=C([O-])CCn1c2c(c3ccccc31)CC(NS(=O)(=O)c1ccc(F)cc1)CC2.[Na+]. The minimum atomic E-state index is -3.76. The monoisotopic (exact) mass is 438 g/mol. The van der Waals surface area contributed by atoms with Crippen LogP contribution in [-0.4, -0.2) is 25.0 Å². The molecule has 1 heterocycles. The van der Waals surface area contributed by atoms with Crippen molar-refractivity contribution in [2.45, 2.75) is 43.2 Å². The second-order valence-corrected chi connectivity index (χ2v) is 8.94. The first-order valence-corrected chi connectivity index (χ1v) is 10.9. The number of hydrogen-bond donors (Lipinski definition) is 1. The number of sulfonamides is 1. The maximum Gasteiger partial charge on any atom is 1.00 e. The van der Waals surface area contributed by atoms with Crippen LogP contribution >= 0.6 is 0 Å². The van der Waals surface area contributed by atoms with Crippen LogP contribution in [0.25, 0.3) is 10.9 Å². The molecule has 0 amide bonds. The number of nitrogens with one attached hydrogen (secondary N) is 1. The van der Waals surface area contributed by atoms with E-state index in [-0.39, 0.29) is 46.9 Å². The number of carbonyl (C=O) groups is 1. The fraction of sp³-hybridized carbons (Fsp3) is 0.286. The van der Waals surface area contributed by atoms with Gasteiger partial charge in [-0.15, -0.1) is 0 Å². The molecule has 1 atom stereocenters. The first kappa shape index (κ1) is 23.0. The van der Waals surface area contributed by atoms with Gasteiger partial charge in [0.1, 0.15) is 5.82 Å². The third-order valence-corrected chi connectivity index (χ3v) is 6.90. The first-order valence-electron chi connectivity index (χ1n) is 9.42. The van der Waals surface area contributed by atoms with Gasteiger partial charge in [0.15, 0.2) is 0 Å². The van der Waals surface area contributed by atoms with E-state index in [4.69, 9.17) is 0 Å². The van der Waals surface area contributed by atoms with Crippen LogP contribution in [0.3, 0.4) is 0 Å². The van der Waals surface area contributed by atoms with E-state index in [0.29, 0.717) is 25.8 Å². The van der Waals surface area contributed by atoms with E-state index in [1.165, 1.54) is 12.1 Å². The minimum absolute atomic E-state index is 0. The van der Waals surface area contributed by atoms with Crippen LogP contribution in [0.1, 0.15) is 24.1 Å². The molecule has 30 heavy (non-hydrogen) atoms. The molecule has 0 spiro atoms. The molecule has 0 saturated heterocycles. The summed E-state index contributed by atoms with van der Waals surface area (Å²) in [4.78, 5) is 11.0. The maximum absolute atomic E-state index is 13.1. The van der Waals surface area contributed by atoms with Crippen molar-refractivity contribution in [3.63, 3.8) is 0 Å². The van der Waals surface area contributed by atoms with Crippen molar-refractivity contribution in [2.24, 2.45) is 0 Å². The summed E-state index contributed by atoms with van der Waals surface area (Å²) in [6, 6.07) is 12.2. The van der Waals surface area contributed by atoms with Crippen molar-refractivity contribution in [3.05, 3.63) is 65.6 Å². The molecule has 0 aliphatic heterocycles. The Labute approximate surface area is 196 Å². The van der Waals surface area contributed by atoms with Crippen LogP contribution < -0.4 is 39.4 Å².